The van der Waals surface area contributed by atoms with Gasteiger partial charge in [-0.2, -0.15) is 0 Å². The number of halogens is 1. The van der Waals surface area contributed by atoms with E-state index in [0.717, 1.165) is 47.8 Å². The van der Waals surface area contributed by atoms with E-state index < -0.39 is 0 Å². The highest BCUT2D eigenvalue weighted by molar-refractivity contribution is 6.30. The summed E-state index contributed by atoms with van der Waals surface area (Å²) < 4.78 is 11.1. The Labute approximate surface area is 234 Å². The number of hydrogen-bond acceptors (Lipinski definition) is 6. The molecule has 0 spiro atoms. The lowest BCUT2D eigenvalue weighted by molar-refractivity contribution is -0.123. The van der Waals surface area contributed by atoms with Gasteiger partial charge in [0.1, 0.15) is 11.5 Å². The van der Waals surface area contributed by atoms with Crippen molar-refractivity contribution in [2.45, 2.75) is 32.2 Å². The number of urea groups is 1. The van der Waals surface area contributed by atoms with Crippen LogP contribution in [-0.4, -0.2) is 67.8 Å². The first kappa shape index (κ1) is 27.4. The van der Waals surface area contributed by atoms with Crippen molar-refractivity contribution >= 4 is 40.5 Å². The van der Waals surface area contributed by atoms with Crippen LogP contribution in [0.3, 0.4) is 0 Å². The summed E-state index contributed by atoms with van der Waals surface area (Å²) in [6.45, 7) is 8.48. The fourth-order valence-electron chi connectivity index (χ4n) is 5.23. The summed E-state index contributed by atoms with van der Waals surface area (Å²) in [6, 6.07) is 9.44. The van der Waals surface area contributed by atoms with Gasteiger partial charge < -0.3 is 14.4 Å². The van der Waals surface area contributed by atoms with Crippen molar-refractivity contribution in [1.82, 2.24) is 9.88 Å². The monoisotopic (exact) mass is 550 g/mol. The first-order valence-corrected chi connectivity index (χ1v) is 14.0. The van der Waals surface area contributed by atoms with Crippen molar-refractivity contribution in [3.05, 3.63) is 71.5 Å². The number of rotatable bonds is 11. The Morgan fingerprint density at radius 3 is 2.77 bits per heavy atom. The highest BCUT2D eigenvalue weighted by Gasteiger charge is 2.39. The average molecular weight is 551 g/mol. The van der Waals surface area contributed by atoms with Crippen LogP contribution >= 0.6 is 11.6 Å². The molecule has 9 heteroatoms. The lowest BCUT2D eigenvalue weighted by atomic mass is 9.91. The minimum Gasteiger partial charge on any atom is -0.381 e. The van der Waals surface area contributed by atoms with Crippen LogP contribution < -0.4 is 9.80 Å². The van der Waals surface area contributed by atoms with Crippen molar-refractivity contribution in [2.24, 2.45) is 5.92 Å². The number of hydrogen-bond donors (Lipinski definition) is 0. The number of pyridine rings is 1. The van der Waals surface area contributed by atoms with Crippen LogP contribution in [0.1, 0.15) is 36.9 Å². The van der Waals surface area contributed by atoms with Gasteiger partial charge in [-0.25, -0.2) is 4.79 Å². The number of allylic oxidation sites excluding steroid dienone is 1. The third kappa shape index (κ3) is 6.35. The number of aromatic nitrogens is 1. The molecule has 0 aliphatic carbocycles. The van der Waals surface area contributed by atoms with E-state index in [1.807, 2.05) is 42.6 Å². The maximum atomic E-state index is 14.0. The molecule has 2 amide bonds. The second-order valence-corrected chi connectivity index (χ2v) is 10.5. The van der Waals surface area contributed by atoms with Crippen molar-refractivity contribution in [3.8, 4) is 0 Å². The van der Waals surface area contributed by atoms with Crippen molar-refractivity contribution < 1.29 is 19.1 Å². The summed E-state index contributed by atoms with van der Waals surface area (Å²) in [5.74, 6) is -0.0754. The van der Waals surface area contributed by atoms with E-state index in [4.69, 9.17) is 26.1 Å². The number of nitrogens with zero attached hydrogens (tertiary/aromatic N) is 4. The number of Topliss-reactive ketones (excluding diaryl/α,β-unsaturated/α-hetero) is 1. The van der Waals surface area contributed by atoms with E-state index in [1.165, 1.54) is 0 Å². The smallest absolute Gasteiger partial charge is 0.329 e. The normalized spacial score (nSPS) is 18.9. The molecule has 0 bridgehead atoms. The number of ketones is 1. The largest absolute Gasteiger partial charge is 0.381 e. The SMILES string of the molecule is C=CCCOCCCC(=O)C1CC=C2c3ncc(N4CCOCC4)cc3N(Cc3ccc(Cl)cc3)C(=O)N2C1. The average Bonchev–Trinajstić information content (AvgIpc) is 2.98. The molecule has 206 valence electrons. The zero-order valence-corrected chi connectivity index (χ0v) is 22.9. The number of anilines is 2. The van der Waals surface area contributed by atoms with Gasteiger partial charge in [0.15, 0.2) is 0 Å². The van der Waals surface area contributed by atoms with Gasteiger partial charge in [-0.1, -0.05) is 35.9 Å². The second-order valence-electron chi connectivity index (χ2n) is 10.0. The predicted octanol–water partition coefficient (Wildman–Crippen LogP) is 5.32. The van der Waals surface area contributed by atoms with Gasteiger partial charge in [0.05, 0.1) is 43.0 Å². The molecule has 3 aliphatic rings. The van der Waals surface area contributed by atoms with E-state index in [-0.39, 0.29) is 17.7 Å². The third-order valence-electron chi connectivity index (χ3n) is 7.40. The van der Waals surface area contributed by atoms with Crippen molar-refractivity contribution in [3.63, 3.8) is 0 Å². The van der Waals surface area contributed by atoms with E-state index >= 15 is 0 Å². The van der Waals surface area contributed by atoms with Gasteiger partial charge in [0, 0.05) is 50.2 Å². The highest BCUT2D eigenvalue weighted by atomic mass is 35.5. The summed E-state index contributed by atoms with van der Waals surface area (Å²) in [6.07, 6.45) is 8.22. The summed E-state index contributed by atoms with van der Waals surface area (Å²) in [7, 11) is 0. The first-order chi connectivity index (χ1) is 19.0. The lowest BCUT2D eigenvalue weighted by Crippen LogP contribution is -2.50. The lowest BCUT2D eigenvalue weighted by Gasteiger charge is -2.42. The number of ether oxygens (including phenoxy) is 2. The molecular formula is C30H35ClN4O4. The molecule has 2 aromatic rings. The quantitative estimate of drug-likeness (QED) is 0.278. The molecule has 8 nitrogen and oxygen atoms in total. The van der Waals surface area contributed by atoms with E-state index in [9.17, 15) is 9.59 Å². The number of benzene rings is 1. The van der Waals surface area contributed by atoms with Gasteiger partial charge in [0.2, 0.25) is 0 Å². The summed E-state index contributed by atoms with van der Waals surface area (Å²) in [5, 5.41) is 0.647. The minimum atomic E-state index is -0.238. The fourth-order valence-corrected chi connectivity index (χ4v) is 5.36. The van der Waals surface area contributed by atoms with Crippen LogP contribution in [0.2, 0.25) is 5.02 Å². The van der Waals surface area contributed by atoms with Gasteiger partial charge in [-0.3, -0.25) is 19.6 Å². The number of amides is 2. The van der Waals surface area contributed by atoms with Gasteiger partial charge in [-0.05, 0) is 43.0 Å². The summed E-state index contributed by atoms with van der Waals surface area (Å²) in [5.41, 5.74) is 4.26. The second kappa shape index (κ2) is 12.8. The first-order valence-electron chi connectivity index (χ1n) is 13.6. The van der Waals surface area contributed by atoms with Gasteiger partial charge in [0.25, 0.3) is 0 Å². The number of morpholine rings is 1. The van der Waals surface area contributed by atoms with Crippen molar-refractivity contribution in [2.75, 3.05) is 55.9 Å². The Morgan fingerprint density at radius 2 is 2.00 bits per heavy atom. The molecule has 1 aromatic carbocycles. The zero-order valence-electron chi connectivity index (χ0n) is 22.2. The molecule has 0 N–H and O–H groups in total. The Bertz CT molecular complexity index is 1230. The molecule has 1 aromatic heterocycles. The Balaban J connectivity index is 1.38. The van der Waals surface area contributed by atoms with Crippen LogP contribution in [0.5, 0.6) is 0 Å². The maximum absolute atomic E-state index is 14.0. The molecule has 3 aliphatic heterocycles. The zero-order chi connectivity index (χ0) is 27.2. The maximum Gasteiger partial charge on any atom is 0.329 e. The fraction of sp³-hybridized carbons (Fsp3) is 0.433. The standard InChI is InChI=1S/C30H35ClN4O4/c1-2-3-14-38-15-4-5-28(36)23-8-11-26-29-27(18-25(19-32-29)33-12-16-39-17-13-33)34(30(37)35(26)21-23)20-22-6-9-24(31)10-7-22/h2,6-7,9-11,18-19,23H,1,3-5,8,12-17,20-21H2. The topological polar surface area (TPSA) is 75.2 Å². The minimum absolute atomic E-state index is 0.144. The summed E-state index contributed by atoms with van der Waals surface area (Å²) in [4.78, 5) is 37.6. The molecule has 1 unspecified atom stereocenters. The molecule has 1 fully saturated rings. The number of carbonyl (C=O) groups excluding carboxylic acids is 2. The molecule has 1 saturated heterocycles. The van der Waals surface area contributed by atoms with E-state index in [0.29, 0.717) is 63.8 Å². The Morgan fingerprint density at radius 1 is 1.21 bits per heavy atom. The van der Waals surface area contributed by atoms with Gasteiger partial charge in [-0.15, -0.1) is 6.58 Å². The summed E-state index contributed by atoms with van der Waals surface area (Å²) >= 11 is 6.11. The van der Waals surface area contributed by atoms with Crippen LogP contribution in [0.15, 0.2) is 55.3 Å². The molecule has 5 rings (SSSR count). The molecule has 0 radical (unpaired) electrons. The van der Waals surface area contributed by atoms with Gasteiger partial charge >= 0.3 is 6.03 Å². The Kier molecular flexibility index (Phi) is 8.96. The van der Waals surface area contributed by atoms with Crippen LogP contribution in [0, 0.1) is 5.92 Å². The molecular weight excluding hydrogens is 516 g/mol. The van der Waals surface area contributed by atoms with E-state index in [2.05, 4.69) is 17.5 Å². The molecule has 39 heavy (non-hydrogen) atoms. The van der Waals surface area contributed by atoms with Crippen LogP contribution in [0.25, 0.3) is 5.70 Å². The molecule has 4 heterocycles. The predicted molar refractivity (Wildman–Crippen MR) is 153 cm³/mol. The van der Waals surface area contributed by atoms with Crippen molar-refractivity contribution in [1.29, 1.82) is 0 Å². The number of fused-ring (bicyclic) bond motifs is 3. The Hall–Kier alpha value is -3.20. The number of carbonyl (C=O) groups is 2. The van der Waals surface area contributed by atoms with E-state index in [1.54, 1.807) is 9.80 Å². The highest BCUT2D eigenvalue weighted by Crippen LogP contribution is 2.41. The third-order valence-corrected chi connectivity index (χ3v) is 7.65. The molecule has 0 saturated carbocycles. The van der Waals surface area contributed by atoms with Crippen LogP contribution in [-0.2, 0) is 20.8 Å². The van der Waals surface area contributed by atoms with Crippen LogP contribution in [0.4, 0.5) is 16.2 Å². The molecule has 1 atom stereocenters.